The van der Waals surface area contributed by atoms with E-state index in [4.69, 9.17) is 15.7 Å². The van der Waals surface area contributed by atoms with E-state index >= 15 is 0 Å². The fraction of sp³-hybridized carbons (Fsp3) is 0.217. The zero-order valence-electron chi connectivity index (χ0n) is 16.0. The average Bonchev–Trinajstić information content (AvgIpc) is 3.00. The van der Waals surface area contributed by atoms with Gasteiger partial charge < -0.3 is 10.3 Å². The Labute approximate surface area is 159 Å². The largest absolute Gasteiger partial charge is 0.398 e. The summed E-state index contributed by atoms with van der Waals surface area (Å²) in [4.78, 5) is 9.62. The van der Waals surface area contributed by atoms with Crippen LogP contribution < -0.4 is 5.73 Å². The van der Waals surface area contributed by atoms with E-state index in [1.54, 1.807) is 0 Å². The van der Waals surface area contributed by atoms with Crippen molar-refractivity contribution in [1.29, 1.82) is 0 Å². The van der Waals surface area contributed by atoms with Crippen LogP contribution in [-0.4, -0.2) is 14.5 Å². The number of para-hydroxylation sites is 1. The number of pyridine rings is 1. The molecule has 0 unspecified atom stereocenters. The van der Waals surface area contributed by atoms with Gasteiger partial charge >= 0.3 is 0 Å². The zero-order valence-corrected chi connectivity index (χ0v) is 16.0. The first-order chi connectivity index (χ1) is 13.1. The first-order valence-electron chi connectivity index (χ1n) is 9.34. The molecule has 136 valence electrons. The topological polar surface area (TPSA) is 56.7 Å². The van der Waals surface area contributed by atoms with Crippen molar-refractivity contribution in [3.05, 3.63) is 77.2 Å². The highest BCUT2D eigenvalue weighted by atomic mass is 15.1. The minimum absolute atomic E-state index is 0.746. The molecular weight excluding hydrogens is 332 g/mol. The van der Waals surface area contributed by atoms with Crippen molar-refractivity contribution in [2.24, 2.45) is 0 Å². The fourth-order valence-corrected chi connectivity index (χ4v) is 3.66. The third-order valence-electron chi connectivity index (χ3n) is 4.96. The summed E-state index contributed by atoms with van der Waals surface area (Å²) in [5.74, 6) is 1.07. The van der Waals surface area contributed by atoms with Crippen LogP contribution in [0.3, 0.4) is 0 Å². The van der Waals surface area contributed by atoms with Crippen LogP contribution in [0, 0.1) is 13.8 Å². The van der Waals surface area contributed by atoms with Gasteiger partial charge in [-0.25, -0.2) is 9.97 Å². The Balaban J connectivity index is 1.79. The van der Waals surface area contributed by atoms with Crippen LogP contribution in [0.1, 0.15) is 29.6 Å². The fourth-order valence-electron chi connectivity index (χ4n) is 3.66. The third kappa shape index (κ3) is 3.19. The molecule has 0 atom stereocenters. The molecular formula is C23H24N4. The van der Waals surface area contributed by atoms with Crippen LogP contribution in [0.2, 0.25) is 0 Å². The summed E-state index contributed by atoms with van der Waals surface area (Å²) in [6, 6.07) is 18.6. The van der Waals surface area contributed by atoms with E-state index in [0.29, 0.717) is 0 Å². The SMILES string of the molecule is CCc1nc2c(C)cc(C)nc2n1Cc1cccc(-c2ccccc2N)c1. The molecule has 4 rings (SSSR count). The Bertz CT molecular complexity index is 1120. The summed E-state index contributed by atoms with van der Waals surface area (Å²) in [5, 5.41) is 0. The zero-order chi connectivity index (χ0) is 19.0. The number of rotatable bonds is 4. The van der Waals surface area contributed by atoms with E-state index in [2.05, 4.69) is 54.8 Å². The second kappa shape index (κ2) is 6.88. The number of imidazole rings is 1. The summed E-state index contributed by atoms with van der Waals surface area (Å²) in [6.07, 6.45) is 0.875. The normalized spacial score (nSPS) is 11.2. The smallest absolute Gasteiger partial charge is 0.160 e. The number of fused-ring (bicyclic) bond motifs is 1. The molecule has 4 heteroatoms. The van der Waals surface area contributed by atoms with Crippen molar-refractivity contribution < 1.29 is 0 Å². The van der Waals surface area contributed by atoms with Gasteiger partial charge in [0, 0.05) is 23.4 Å². The molecule has 2 N–H and O–H groups in total. The van der Waals surface area contributed by atoms with Gasteiger partial charge in [0.15, 0.2) is 5.65 Å². The molecule has 0 amide bonds. The van der Waals surface area contributed by atoms with E-state index in [-0.39, 0.29) is 0 Å². The second-order valence-corrected chi connectivity index (χ2v) is 7.01. The van der Waals surface area contributed by atoms with Gasteiger partial charge in [0.05, 0.1) is 6.54 Å². The summed E-state index contributed by atoms with van der Waals surface area (Å²) < 4.78 is 2.24. The molecule has 2 aromatic heterocycles. The molecule has 2 aromatic carbocycles. The van der Waals surface area contributed by atoms with E-state index in [1.807, 2.05) is 25.1 Å². The molecule has 0 radical (unpaired) electrons. The molecule has 0 fully saturated rings. The third-order valence-corrected chi connectivity index (χ3v) is 4.96. The predicted molar refractivity (Wildman–Crippen MR) is 112 cm³/mol. The van der Waals surface area contributed by atoms with Crippen molar-refractivity contribution in [1.82, 2.24) is 14.5 Å². The lowest BCUT2D eigenvalue weighted by Crippen LogP contribution is -2.06. The number of nitrogens with zero attached hydrogens (tertiary/aromatic N) is 3. The van der Waals surface area contributed by atoms with Crippen LogP contribution in [0.15, 0.2) is 54.6 Å². The number of anilines is 1. The Morgan fingerprint density at radius 1 is 0.963 bits per heavy atom. The van der Waals surface area contributed by atoms with E-state index in [1.165, 1.54) is 11.1 Å². The van der Waals surface area contributed by atoms with E-state index in [0.717, 1.165) is 52.5 Å². The standard InChI is InChI=1S/C23H24N4/c1-4-21-26-22-15(2)12-16(3)25-23(22)27(21)14-17-8-7-9-18(13-17)19-10-5-6-11-20(19)24/h5-13H,4,14,24H2,1-3H3. The van der Waals surface area contributed by atoms with Crippen LogP contribution in [0.5, 0.6) is 0 Å². The molecule has 4 nitrogen and oxygen atoms in total. The van der Waals surface area contributed by atoms with Gasteiger partial charge in [-0.3, -0.25) is 0 Å². The average molecular weight is 356 g/mol. The van der Waals surface area contributed by atoms with Gasteiger partial charge in [-0.2, -0.15) is 0 Å². The lowest BCUT2D eigenvalue weighted by atomic mass is 10.0. The van der Waals surface area contributed by atoms with Crippen LogP contribution >= 0.6 is 0 Å². The molecule has 0 bridgehead atoms. The number of nitrogens with two attached hydrogens (primary N) is 1. The quantitative estimate of drug-likeness (QED) is 0.529. The van der Waals surface area contributed by atoms with Crippen molar-refractivity contribution in [3.63, 3.8) is 0 Å². The highest BCUT2D eigenvalue weighted by Gasteiger charge is 2.14. The number of benzene rings is 2. The van der Waals surface area contributed by atoms with Crippen LogP contribution in [-0.2, 0) is 13.0 Å². The van der Waals surface area contributed by atoms with Crippen molar-refractivity contribution in [3.8, 4) is 11.1 Å². The van der Waals surface area contributed by atoms with E-state index in [9.17, 15) is 0 Å². The minimum Gasteiger partial charge on any atom is -0.398 e. The highest BCUT2D eigenvalue weighted by molar-refractivity contribution is 5.77. The number of nitrogen functional groups attached to an aromatic ring is 1. The monoisotopic (exact) mass is 356 g/mol. The first kappa shape index (κ1) is 17.3. The number of aryl methyl sites for hydroxylation is 3. The maximum Gasteiger partial charge on any atom is 0.160 e. The van der Waals surface area contributed by atoms with Gasteiger partial charge in [-0.15, -0.1) is 0 Å². The Morgan fingerprint density at radius 2 is 1.78 bits per heavy atom. The molecule has 0 aliphatic heterocycles. The van der Waals surface area contributed by atoms with Gasteiger partial charge in [0.1, 0.15) is 11.3 Å². The van der Waals surface area contributed by atoms with Crippen molar-refractivity contribution >= 4 is 16.9 Å². The summed E-state index contributed by atoms with van der Waals surface area (Å²) in [5.41, 5.74) is 14.5. The summed E-state index contributed by atoms with van der Waals surface area (Å²) >= 11 is 0. The maximum atomic E-state index is 6.17. The van der Waals surface area contributed by atoms with Gasteiger partial charge in [0.25, 0.3) is 0 Å². The van der Waals surface area contributed by atoms with Crippen molar-refractivity contribution in [2.45, 2.75) is 33.7 Å². The molecule has 27 heavy (non-hydrogen) atoms. The lowest BCUT2D eigenvalue weighted by Gasteiger charge is -2.11. The number of hydrogen-bond acceptors (Lipinski definition) is 3. The van der Waals surface area contributed by atoms with E-state index < -0.39 is 0 Å². The van der Waals surface area contributed by atoms with Gasteiger partial charge in [-0.05, 0) is 48.7 Å². The second-order valence-electron chi connectivity index (χ2n) is 7.01. The summed E-state index contributed by atoms with van der Waals surface area (Å²) in [7, 11) is 0. The highest BCUT2D eigenvalue weighted by Crippen LogP contribution is 2.27. The molecule has 0 saturated heterocycles. The lowest BCUT2D eigenvalue weighted by molar-refractivity contribution is 0.745. The first-order valence-corrected chi connectivity index (χ1v) is 9.34. The summed E-state index contributed by atoms with van der Waals surface area (Å²) in [6.45, 7) is 7.03. The minimum atomic E-state index is 0.746. The van der Waals surface area contributed by atoms with Gasteiger partial charge in [-0.1, -0.05) is 43.3 Å². The van der Waals surface area contributed by atoms with Crippen LogP contribution in [0.4, 0.5) is 5.69 Å². The molecule has 0 spiro atoms. The Kier molecular flexibility index (Phi) is 4.40. The number of aromatic nitrogens is 3. The molecule has 2 heterocycles. The van der Waals surface area contributed by atoms with Gasteiger partial charge in [0.2, 0.25) is 0 Å². The Hall–Kier alpha value is -3.14. The number of hydrogen-bond donors (Lipinski definition) is 1. The Morgan fingerprint density at radius 3 is 2.56 bits per heavy atom. The molecule has 0 aliphatic carbocycles. The molecule has 0 saturated carbocycles. The molecule has 0 aliphatic rings. The predicted octanol–water partition coefficient (Wildman–Crippen LogP) is 4.91. The van der Waals surface area contributed by atoms with Crippen molar-refractivity contribution in [2.75, 3.05) is 5.73 Å². The molecule has 4 aromatic rings. The maximum absolute atomic E-state index is 6.17. The van der Waals surface area contributed by atoms with Crippen LogP contribution in [0.25, 0.3) is 22.3 Å².